The van der Waals surface area contributed by atoms with E-state index in [1.165, 1.54) is 17.3 Å². The summed E-state index contributed by atoms with van der Waals surface area (Å²) < 4.78 is 2.01. The van der Waals surface area contributed by atoms with Crippen molar-refractivity contribution in [1.82, 2.24) is 19.7 Å². The highest BCUT2D eigenvalue weighted by atomic mass is 35.5. The van der Waals surface area contributed by atoms with Crippen molar-refractivity contribution >= 4 is 35.2 Å². The normalized spacial score (nSPS) is 13.6. The van der Waals surface area contributed by atoms with Crippen LogP contribution in [0.2, 0.25) is 5.02 Å². The summed E-state index contributed by atoms with van der Waals surface area (Å²) in [5.74, 6) is 1.15. The first-order valence-corrected chi connectivity index (χ1v) is 11.8. The van der Waals surface area contributed by atoms with Crippen molar-refractivity contribution in [2.45, 2.75) is 31.5 Å². The highest BCUT2D eigenvalue weighted by molar-refractivity contribution is 7.99. The second-order valence-electron chi connectivity index (χ2n) is 7.76. The Morgan fingerprint density at radius 3 is 2.65 bits per heavy atom. The van der Waals surface area contributed by atoms with E-state index in [4.69, 9.17) is 11.6 Å². The van der Waals surface area contributed by atoms with Crippen molar-refractivity contribution in [1.29, 1.82) is 0 Å². The Morgan fingerprint density at radius 1 is 1.13 bits per heavy atom. The first-order valence-electron chi connectivity index (χ1n) is 10.4. The summed E-state index contributed by atoms with van der Waals surface area (Å²) in [6.07, 6.45) is 2.29. The molecule has 0 saturated carbocycles. The van der Waals surface area contributed by atoms with E-state index in [9.17, 15) is 4.79 Å². The summed E-state index contributed by atoms with van der Waals surface area (Å²) in [6, 6.07) is 15.8. The molecule has 2 aromatic carbocycles. The van der Waals surface area contributed by atoms with Gasteiger partial charge in [-0.05, 0) is 49.1 Å². The molecule has 2 heterocycles. The number of thioether (sulfide) groups is 1. The molecular weight excluding hydrogens is 430 g/mol. The molecule has 0 N–H and O–H groups in total. The van der Waals surface area contributed by atoms with Crippen LogP contribution in [-0.4, -0.2) is 51.5 Å². The number of benzene rings is 2. The average Bonchev–Trinajstić information content (AvgIpc) is 3.43. The predicted octanol–water partition coefficient (Wildman–Crippen LogP) is 4.58. The summed E-state index contributed by atoms with van der Waals surface area (Å²) in [5.41, 5.74) is 3.25. The van der Waals surface area contributed by atoms with Gasteiger partial charge in [0.15, 0.2) is 5.16 Å². The number of anilines is 1. The Balaban J connectivity index is 1.51. The first kappa shape index (κ1) is 21.7. The van der Waals surface area contributed by atoms with Gasteiger partial charge in [-0.15, -0.1) is 10.2 Å². The average molecular weight is 456 g/mol. The molecule has 0 radical (unpaired) electrons. The van der Waals surface area contributed by atoms with Gasteiger partial charge in [-0.25, -0.2) is 0 Å². The van der Waals surface area contributed by atoms with Crippen LogP contribution >= 0.6 is 23.4 Å². The van der Waals surface area contributed by atoms with Crippen molar-refractivity contribution < 1.29 is 4.79 Å². The molecule has 162 valence electrons. The Hall–Kier alpha value is -2.51. The quantitative estimate of drug-likeness (QED) is 0.488. The maximum Gasteiger partial charge on any atom is 0.233 e. The molecule has 8 heteroatoms. The number of carbonyl (C=O) groups is 1. The molecule has 0 atom stereocenters. The lowest BCUT2D eigenvalue weighted by atomic mass is 10.1. The van der Waals surface area contributed by atoms with E-state index in [1.807, 2.05) is 48.0 Å². The fourth-order valence-electron chi connectivity index (χ4n) is 3.69. The molecule has 1 aromatic heterocycles. The van der Waals surface area contributed by atoms with Gasteiger partial charge < -0.3 is 9.80 Å². The summed E-state index contributed by atoms with van der Waals surface area (Å²) in [4.78, 5) is 16.8. The maximum atomic E-state index is 12.8. The van der Waals surface area contributed by atoms with Gasteiger partial charge in [0.05, 0.1) is 11.4 Å². The molecule has 6 nitrogen and oxygen atoms in total. The van der Waals surface area contributed by atoms with Gasteiger partial charge in [0.25, 0.3) is 0 Å². The number of hydrogen-bond acceptors (Lipinski definition) is 5. The molecule has 1 saturated heterocycles. The molecule has 1 fully saturated rings. The van der Waals surface area contributed by atoms with Gasteiger partial charge in [-0.1, -0.05) is 53.7 Å². The highest BCUT2D eigenvalue weighted by Crippen LogP contribution is 2.29. The van der Waals surface area contributed by atoms with Gasteiger partial charge in [0.1, 0.15) is 0 Å². The van der Waals surface area contributed by atoms with E-state index in [-0.39, 0.29) is 5.91 Å². The Labute approximate surface area is 192 Å². The van der Waals surface area contributed by atoms with Crippen LogP contribution in [0.3, 0.4) is 0 Å². The number of amides is 1. The lowest BCUT2D eigenvalue weighted by Crippen LogP contribution is -2.28. The molecule has 0 aliphatic carbocycles. The highest BCUT2D eigenvalue weighted by Gasteiger charge is 2.23. The topological polar surface area (TPSA) is 54.3 Å². The van der Waals surface area contributed by atoms with E-state index in [2.05, 4.69) is 34.2 Å². The second-order valence-corrected chi connectivity index (χ2v) is 9.14. The third-order valence-corrected chi connectivity index (χ3v) is 6.64. The third kappa shape index (κ3) is 5.05. The van der Waals surface area contributed by atoms with Crippen molar-refractivity contribution in [2.75, 3.05) is 30.8 Å². The number of rotatable bonds is 7. The monoisotopic (exact) mass is 455 g/mol. The van der Waals surface area contributed by atoms with Crippen LogP contribution < -0.4 is 4.90 Å². The number of nitrogens with zero attached hydrogens (tertiary/aromatic N) is 5. The van der Waals surface area contributed by atoms with Crippen LogP contribution in [0.1, 0.15) is 24.0 Å². The van der Waals surface area contributed by atoms with E-state index in [0.717, 1.165) is 43.1 Å². The second kappa shape index (κ2) is 9.75. The molecule has 0 spiro atoms. The minimum atomic E-state index is 0.0524. The minimum Gasteiger partial charge on any atom is -0.341 e. The summed E-state index contributed by atoms with van der Waals surface area (Å²) in [6.45, 7) is 4.57. The molecule has 0 bridgehead atoms. The van der Waals surface area contributed by atoms with Crippen LogP contribution in [0, 0.1) is 6.92 Å². The summed E-state index contributed by atoms with van der Waals surface area (Å²) in [7, 11) is 1.84. The molecular formula is C23H26ClN5OS. The van der Waals surface area contributed by atoms with E-state index in [1.54, 1.807) is 4.90 Å². The molecule has 1 amide bonds. The zero-order valence-electron chi connectivity index (χ0n) is 17.8. The van der Waals surface area contributed by atoms with Crippen LogP contribution in [0.5, 0.6) is 0 Å². The molecule has 4 rings (SSSR count). The van der Waals surface area contributed by atoms with Gasteiger partial charge in [-0.3, -0.25) is 9.36 Å². The number of halogens is 1. The van der Waals surface area contributed by atoms with Gasteiger partial charge in [0, 0.05) is 31.7 Å². The molecule has 1 aliphatic heterocycles. The zero-order chi connectivity index (χ0) is 21.8. The van der Waals surface area contributed by atoms with Crippen LogP contribution in [-0.2, 0) is 11.3 Å². The largest absolute Gasteiger partial charge is 0.341 e. The van der Waals surface area contributed by atoms with Gasteiger partial charge >= 0.3 is 0 Å². The van der Waals surface area contributed by atoms with E-state index >= 15 is 0 Å². The van der Waals surface area contributed by atoms with Gasteiger partial charge in [0.2, 0.25) is 11.9 Å². The number of carbonyl (C=O) groups excluding carboxylic acids is 1. The smallest absolute Gasteiger partial charge is 0.233 e. The molecule has 31 heavy (non-hydrogen) atoms. The first-order chi connectivity index (χ1) is 15.0. The maximum absolute atomic E-state index is 12.8. The van der Waals surface area contributed by atoms with Gasteiger partial charge in [-0.2, -0.15) is 0 Å². The van der Waals surface area contributed by atoms with E-state index < -0.39 is 0 Å². The Morgan fingerprint density at radius 2 is 1.90 bits per heavy atom. The molecule has 3 aromatic rings. The Bertz CT molecular complexity index is 1060. The van der Waals surface area contributed by atoms with Crippen molar-refractivity contribution in [3.63, 3.8) is 0 Å². The van der Waals surface area contributed by atoms with Crippen molar-refractivity contribution in [3.8, 4) is 5.69 Å². The predicted molar refractivity (Wildman–Crippen MR) is 126 cm³/mol. The van der Waals surface area contributed by atoms with Crippen LogP contribution in [0.25, 0.3) is 5.69 Å². The number of aryl methyl sites for hydroxylation is 1. The SMILES string of the molecule is Cc1ccccc1CN(C)C(=O)CSc1nnc(N2CCCC2)n1-c1cccc(Cl)c1. The standard InChI is InChI=1S/C23H26ClN5OS/c1-17-8-3-4-9-18(17)15-27(2)21(30)16-31-23-26-25-22(28-12-5-6-13-28)29(23)20-11-7-10-19(24)14-20/h3-4,7-11,14H,5-6,12-13,15-16H2,1-2H3. The lowest BCUT2D eigenvalue weighted by molar-refractivity contribution is -0.127. The third-order valence-electron chi connectivity index (χ3n) is 5.49. The molecule has 0 unspecified atom stereocenters. The molecule has 1 aliphatic rings. The fourth-order valence-corrected chi connectivity index (χ4v) is 4.76. The number of hydrogen-bond donors (Lipinski definition) is 0. The summed E-state index contributed by atoms with van der Waals surface area (Å²) >= 11 is 7.66. The lowest BCUT2D eigenvalue weighted by Gasteiger charge is -2.20. The number of aromatic nitrogens is 3. The van der Waals surface area contributed by atoms with Crippen LogP contribution in [0.4, 0.5) is 5.95 Å². The van der Waals surface area contributed by atoms with E-state index in [0.29, 0.717) is 22.5 Å². The summed E-state index contributed by atoms with van der Waals surface area (Å²) in [5, 5.41) is 10.2. The Kier molecular flexibility index (Phi) is 6.83. The van der Waals surface area contributed by atoms with Crippen LogP contribution in [0.15, 0.2) is 53.7 Å². The fraction of sp³-hybridized carbons (Fsp3) is 0.348. The minimum absolute atomic E-state index is 0.0524. The van der Waals surface area contributed by atoms with Crippen molar-refractivity contribution in [2.24, 2.45) is 0 Å². The van der Waals surface area contributed by atoms with Crippen molar-refractivity contribution in [3.05, 3.63) is 64.7 Å². The zero-order valence-corrected chi connectivity index (χ0v) is 19.4.